The number of carbonyl (C=O) groups excluding carboxylic acids is 2. The van der Waals surface area contributed by atoms with Gasteiger partial charge in [0.2, 0.25) is 12.3 Å². The summed E-state index contributed by atoms with van der Waals surface area (Å²) in [4.78, 5) is 30.1. The Balaban J connectivity index is 1.77. The fourth-order valence-electron chi connectivity index (χ4n) is 1.99. The van der Waals surface area contributed by atoms with E-state index < -0.39 is 0 Å². The van der Waals surface area contributed by atoms with Gasteiger partial charge >= 0.3 is 0 Å². The average Bonchev–Trinajstić information content (AvgIpc) is 2.82. The summed E-state index contributed by atoms with van der Waals surface area (Å²) in [7, 11) is 0. The highest BCUT2D eigenvalue weighted by Gasteiger charge is 2.19. The molecule has 0 bridgehead atoms. The molecule has 98 valence electrons. The Labute approximate surface area is 106 Å². The Hall–Kier alpha value is -1.85. The second-order valence-electron chi connectivity index (χ2n) is 4.38. The van der Waals surface area contributed by atoms with Crippen molar-refractivity contribution in [3.05, 3.63) is 17.8 Å². The number of hydrogen-bond acceptors (Lipinski definition) is 4. The summed E-state index contributed by atoms with van der Waals surface area (Å²) in [5, 5.41) is 0. The van der Waals surface area contributed by atoms with Crippen LogP contribution in [0.4, 0.5) is 0 Å². The number of aryl methyl sites for hydroxylation is 2. The number of hydrogen-bond donors (Lipinski definition) is 0. The van der Waals surface area contributed by atoms with Gasteiger partial charge in [-0.2, -0.15) is 0 Å². The van der Waals surface area contributed by atoms with Gasteiger partial charge in [-0.1, -0.05) is 0 Å². The highest BCUT2D eigenvalue weighted by Crippen LogP contribution is 2.07. The van der Waals surface area contributed by atoms with E-state index in [1.807, 2.05) is 0 Å². The molecule has 1 fully saturated rings. The molecular weight excluding hydrogens is 234 g/mol. The molecule has 1 aromatic heterocycles. The van der Waals surface area contributed by atoms with E-state index in [9.17, 15) is 9.59 Å². The van der Waals surface area contributed by atoms with Crippen LogP contribution in [0.3, 0.4) is 0 Å². The molecule has 0 unspecified atom stereocenters. The zero-order valence-electron chi connectivity index (χ0n) is 10.5. The minimum Gasteiger partial charge on any atom is -0.449 e. The molecule has 0 aliphatic carbocycles. The van der Waals surface area contributed by atoms with Crippen LogP contribution < -0.4 is 0 Å². The van der Waals surface area contributed by atoms with Crippen LogP contribution in [0.1, 0.15) is 18.0 Å². The van der Waals surface area contributed by atoms with Crippen molar-refractivity contribution in [2.75, 3.05) is 26.2 Å². The van der Waals surface area contributed by atoms with Crippen molar-refractivity contribution in [2.45, 2.75) is 19.8 Å². The summed E-state index contributed by atoms with van der Waals surface area (Å²) < 4.78 is 5.09. The van der Waals surface area contributed by atoms with Gasteiger partial charge in [-0.05, 0) is 0 Å². The van der Waals surface area contributed by atoms with Gasteiger partial charge in [-0.3, -0.25) is 9.59 Å². The number of aromatic nitrogens is 1. The summed E-state index contributed by atoms with van der Waals surface area (Å²) in [6, 6.07) is 0. The van der Waals surface area contributed by atoms with Crippen molar-refractivity contribution >= 4 is 12.3 Å². The third-order valence-electron chi connectivity index (χ3n) is 3.08. The van der Waals surface area contributed by atoms with Crippen molar-refractivity contribution in [1.82, 2.24) is 14.8 Å². The van der Waals surface area contributed by atoms with E-state index >= 15 is 0 Å². The lowest BCUT2D eigenvalue weighted by atomic mass is 10.2. The van der Waals surface area contributed by atoms with E-state index in [1.54, 1.807) is 23.0 Å². The summed E-state index contributed by atoms with van der Waals surface area (Å²) in [5.41, 5.74) is 0.812. The van der Waals surface area contributed by atoms with E-state index in [1.165, 1.54) is 0 Å². The average molecular weight is 251 g/mol. The molecule has 18 heavy (non-hydrogen) atoms. The number of carbonyl (C=O) groups is 2. The van der Waals surface area contributed by atoms with Crippen LogP contribution in [0.25, 0.3) is 0 Å². The summed E-state index contributed by atoms with van der Waals surface area (Å²) in [6.45, 7) is 4.27. The minimum atomic E-state index is 0.112. The Morgan fingerprint density at radius 3 is 2.72 bits per heavy atom. The molecule has 2 amide bonds. The maximum absolute atomic E-state index is 11.9. The number of piperazine rings is 1. The SMILES string of the molecule is Cc1nc(CCC(=O)N2CCN(C=O)CC2)co1. The van der Waals surface area contributed by atoms with Gasteiger partial charge in [-0.15, -0.1) is 0 Å². The molecule has 1 aromatic rings. The van der Waals surface area contributed by atoms with Gasteiger partial charge in [0.05, 0.1) is 5.69 Å². The molecule has 1 aliphatic rings. The van der Waals surface area contributed by atoms with Crippen molar-refractivity contribution in [1.29, 1.82) is 0 Å². The van der Waals surface area contributed by atoms with Crippen molar-refractivity contribution < 1.29 is 14.0 Å². The lowest BCUT2D eigenvalue weighted by Gasteiger charge is -2.32. The topological polar surface area (TPSA) is 66.7 Å². The maximum Gasteiger partial charge on any atom is 0.223 e. The second-order valence-corrected chi connectivity index (χ2v) is 4.38. The first kappa shape index (κ1) is 12.6. The van der Waals surface area contributed by atoms with Crippen LogP contribution in [0.15, 0.2) is 10.7 Å². The lowest BCUT2D eigenvalue weighted by Crippen LogP contribution is -2.48. The molecule has 2 heterocycles. The first-order valence-electron chi connectivity index (χ1n) is 6.07. The molecule has 0 radical (unpaired) electrons. The van der Waals surface area contributed by atoms with Crippen LogP contribution in [0.5, 0.6) is 0 Å². The molecule has 0 atom stereocenters. The number of amides is 2. The molecule has 6 nitrogen and oxygen atoms in total. The summed E-state index contributed by atoms with van der Waals surface area (Å²) in [6.07, 6.45) is 3.46. The summed E-state index contributed by atoms with van der Waals surface area (Å²) in [5.74, 6) is 0.734. The van der Waals surface area contributed by atoms with Crippen LogP contribution in [-0.4, -0.2) is 53.3 Å². The van der Waals surface area contributed by atoms with E-state index in [-0.39, 0.29) is 5.91 Å². The molecular formula is C12H17N3O3. The van der Waals surface area contributed by atoms with Crippen molar-refractivity contribution in [3.63, 3.8) is 0 Å². The highest BCUT2D eigenvalue weighted by molar-refractivity contribution is 5.76. The van der Waals surface area contributed by atoms with Gasteiger partial charge < -0.3 is 14.2 Å². The third kappa shape index (κ3) is 3.09. The molecule has 0 spiro atoms. The highest BCUT2D eigenvalue weighted by atomic mass is 16.3. The van der Waals surface area contributed by atoms with E-state index in [0.29, 0.717) is 44.9 Å². The first-order valence-corrected chi connectivity index (χ1v) is 6.07. The van der Waals surface area contributed by atoms with Crippen LogP contribution in [0, 0.1) is 6.92 Å². The Morgan fingerprint density at radius 2 is 2.17 bits per heavy atom. The Morgan fingerprint density at radius 1 is 1.44 bits per heavy atom. The van der Waals surface area contributed by atoms with Gasteiger partial charge in [0, 0.05) is 45.9 Å². The van der Waals surface area contributed by atoms with Crippen LogP contribution in [0.2, 0.25) is 0 Å². The van der Waals surface area contributed by atoms with Crippen molar-refractivity contribution in [2.24, 2.45) is 0 Å². The Bertz CT molecular complexity index is 422. The van der Waals surface area contributed by atoms with Gasteiger partial charge in [0.1, 0.15) is 6.26 Å². The fourth-order valence-corrected chi connectivity index (χ4v) is 1.99. The van der Waals surface area contributed by atoms with Crippen LogP contribution >= 0.6 is 0 Å². The third-order valence-corrected chi connectivity index (χ3v) is 3.08. The summed E-state index contributed by atoms with van der Waals surface area (Å²) >= 11 is 0. The molecule has 2 rings (SSSR count). The zero-order chi connectivity index (χ0) is 13.0. The predicted octanol–water partition coefficient (Wildman–Crippen LogP) is 0.216. The van der Waals surface area contributed by atoms with E-state index in [2.05, 4.69) is 4.98 Å². The lowest BCUT2D eigenvalue weighted by molar-refractivity contribution is -0.135. The van der Waals surface area contributed by atoms with E-state index in [0.717, 1.165) is 12.1 Å². The molecule has 0 aromatic carbocycles. The molecule has 0 N–H and O–H groups in total. The number of rotatable bonds is 4. The molecule has 0 saturated carbocycles. The van der Waals surface area contributed by atoms with Crippen molar-refractivity contribution in [3.8, 4) is 0 Å². The normalized spacial score (nSPS) is 15.8. The largest absolute Gasteiger partial charge is 0.449 e. The van der Waals surface area contributed by atoms with Gasteiger partial charge in [0.15, 0.2) is 5.89 Å². The molecule has 6 heteroatoms. The monoisotopic (exact) mass is 251 g/mol. The van der Waals surface area contributed by atoms with Gasteiger partial charge in [0.25, 0.3) is 0 Å². The zero-order valence-corrected chi connectivity index (χ0v) is 10.5. The second kappa shape index (κ2) is 5.66. The molecule has 1 aliphatic heterocycles. The number of oxazole rings is 1. The minimum absolute atomic E-state index is 0.112. The quantitative estimate of drug-likeness (QED) is 0.718. The van der Waals surface area contributed by atoms with E-state index in [4.69, 9.17) is 4.42 Å². The predicted molar refractivity (Wildman–Crippen MR) is 63.8 cm³/mol. The fraction of sp³-hybridized carbons (Fsp3) is 0.583. The smallest absolute Gasteiger partial charge is 0.223 e. The Kier molecular flexibility index (Phi) is 3.96. The maximum atomic E-state index is 11.9. The first-order chi connectivity index (χ1) is 8.69. The standard InChI is InChI=1S/C12H17N3O3/c1-10-13-11(8-18-10)2-3-12(17)15-6-4-14(9-16)5-7-15/h8-9H,2-7H2,1H3. The van der Waals surface area contributed by atoms with Gasteiger partial charge in [-0.25, -0.2) is 4.98 Å². The number of nitrogens with zero attached hydrogens (tertiary/aromatic N) is 3. The molecule has 1 saturated heterocycles. The van der Waals surface area contributed by atoms with Crippen LogP contribution in [-0.2, 0) is 16.0 Å².